The fourth-order valence-electron chi connectivity index (χ4n) is 3.62. The summed E-state index contributed by atoms with van der Waals surface area (Å²) in [6, 6.07) is 12.2. The average molecular weight is 467 g/mol. The number of ether oxygens (including phenoxy) is 2. The second-order valence-corrected chi connectivity index (χ2v) is 9.71. The van der Waals surface area contributed by atoms with Gasteiger partial charge in [-0.25, -0.2) is 8.42 Å². The van der Waals surface area contributed by atoms with Crippen LogP contribution in [0.1, 0.15) is 18.4 Å². The Morgan fingerprint density at radius 3 is 2.39 bits per heavy atom. The molecule has 0 saturated carbocycles. The third-order valence-electron chi connectivity index (χ3n) is 5.44. The molecule has 2 aromatic carbocycles. The molecule has 0 unspecified atom stereocenters. The molecule has 0 aromatic heterocycles. The molecule has 1 saturated heterocycles. The van der Waals surface area contributed by atoms with Crippen molar-refractivity contribution in [1.29, 1.82) is 0 Å². The predicted octanol–water partition coefficient (Wildman–Crippen LogP) is 3.12. The molecular weight excluding hydrogens is 440 g/mol. The molecule has 1 heterocycles. The highest BCUT2D eigenvalue weighted by atomic mass is 35.5. The Balaban J connectivity index is 1.52. The molecule has 0 spiro atoms. The van der Waals surface area contributed by atoms with Gasteiger partial charge in [0, 0.05) is 30.6 Å². The average Bonchev–Trinajstić information content (AvgIpc) is 2.79. The molecule has 1 N–H and O–H groups in total. The summed E-state index contributed by atoms with van der Waals surface area (Å²) in [6.07, 6.45) is 1.66. The summed E-state index contributed by atoms with van der Waals surface area (Å²) in [5.74, 6) is 0.808. The molecule has 1 amide bonds. The Labute approximate surface area is 188 Å². The molecule has 1 fully saturated rings. The lowest BCUT2D eigenvalue weighted by atomic mass is 9.97. The van der Waals surface area contributed by atoms with Gasteiger partial charge in [-0.05, 0) is 55.2 Å². The second-order valence-electron chi connectivity index (χ2n) is 7.36. The zero-order valence-electron chi connectivity index (χ0n) is 17.6. The van der Waals surface area contributed by atoms with E-state index in [4.69, 9.17) is 21.1 Å². The normalized spacial score (nSPS) is 15.5. The van der Waals surface area contributed by atoms with Gasteiger partial charge in [0.25, 0.3) is 0 Å². The van der Waals surface area contributed by atoms with Crippen molar-refractivity contribution in [2.75, 3.05) is 33.9 Å². The highest BCUT2D eigenvalue weighted by molar-refractivity contribution is 7.89. The minimum atomic E-state index is -3.75. The van der Waals surface area contributed by atoms with Crippen LogP contribution < -0.4 is 14.8 Å². The second kappa shape index (κ2) is 10.3. The quantitative estimate of drug-likeness (QED) is 0.646. The van der Waals surface area contributed by atoms with Gasteiger partial charge in [-0.1, -0.05) is 23.7 Å². The van der Waals surface area contributed by atoms with Crippen molar-refractivity contribution in [3.05, 3.63) is 53.1 Å². The monoisotopic (exact) mass is 466 g/mol. The van der Waals surface area contributed by atoms with Crippen LogP contribution in [0.15, 0.2) is 47.4 Å². The smallest absolute Gasteiger partial charge is 0.246 e. The number of sulfonamides is 1. The first-order valence-electron chi connectivity index (χ1n) is 10.1. The van der Waals surface area contributed by atoms with E-state index in [0.29, 0.717) is 24.4 Å². The van der Waals surface area contributed by atoms with Crippen LogP contribution in [-0.2, 0) is 21.2 Å². The van der Waals surface area contributed by atoms with E-state index in [-0.39, 0.29) is 35.6 Å². The number of benzene rings is 2. The third-order valence-corrected chi connectivity index (χ3v) is 7.60. The fraction of sp³-hybridized carbons (Fsp3) is 0.409. The van der Waals surface area contributed by atoms with Gasteiger partial charge in [-0.15, -0.1) is 0 Å². The maximum absolute atomic E-state index is 13.0. The van der Waals surface area contributed by atoms with Crippen molar-refractivity contribution in [3.8, 4) is 11.5 Å². The minimum Gasteiger partial charge on any atom is -0.497 e. The van der Waals surface area contributed by atoms with E-state index in [1.807, 2.05) is 24.3 Å². The zero-order valence-corrected chi connectivity index (χ0v) is 19.2. The van der Waals surface area contributed by atoms with Crippen LogP contribution in [0, 0.1) is 5.92 Å². The van der Waals surface area contributed by atoms with Crippen molar-refractivity contribution >= 4 is 27.5 Å². The number of methoxy groups -OCH3 is 2. The van der Waals surface area contributed by atoms with E-state index in [2.05, 4.69) is 5.32 Å². The summed E-state index contributed by atoms with van der Waals surface area (Å²) in [7, 11) is -0.710. The van der Waals surface area contributed by atoms with Gasteiger partial charge < -0.3 is 14.8 Å². The highest BCUT2D eigenvalue weighted by Crippen LogP contribution is 2.31. The molecule has 1 aliphatic heterocycles. The van der Waals surface area contributed by atoms with Crippen molar-refractivity contribution in [1.82, 2.24) is 9.62 Å². The maximum atomic E-state index is 13.0. The molecule has 0 atom stereocenters. The number of carbonyl (C=O) groups is 1. The molecule has 2 aromatic rings. The molecular formula is C22H27ClN2O5S. The standard InChI is InChI=1S/C22H27ClN2O5S/c1-29-19-6-3-16(4-7-19)9-12-24-22(26)17-10-13-25(14-11-17)31(27,28)21-15-18(23)5-8-20(21)30-2/h3-8,15,17H,9-14H2,1-2H3,(H,24,26). The number of halogens is 1. The number of amides is 1. The number of rotatable bonds is 8. The van der Waals surface area contributed by atoms with Crippen molar-refractivity contribution in [2.24, 2.45) is 5.92 Å². The van der Waals surface area contributed by atoms with E-state index < -0.39 is 10.0 Å². The van der Waals surface area contributed by atoms with Gasteiger partial charge in [-0.2, -0.15) is 4.31 Å². The number of carbonyl (C=O) groups excluding carboxylic acids is 1. The summed E-state index contributed by atoms with van der Waals surface area (Å²) >= 11 is 5.99. The van der Waals surface area contributed by atoms with Crippen LogP contribution in [0.4, 0.5) is 0 Å². The highest BCUT2D eigenvalue weighted by Gasteiger charge is 2.33. The SMILES string of the molecule is COc1ccc(CCNC(=O)C2CCN(S(=O)(=O)c3cc(Cl)ccc3OC)CC2)cc1. The van der Waals surface area contributed by atoms with Crippen LogP contribution in [0.5, 0.6) is 11.5 Å². The zero-order chi connectivity index (χ0) is 22.4. The Morgan fingerprint density at radius 2 is 1.77 bits per heavy atom. The van der Waals surface area contributed by atoms with Crippen molar-refractivity contribution in [3.63, 3.8) is 0 Å². The van der Waals surface area contributed by atoms with Crippen LogP contribution in [0.3, 0.4) is 0 Å². The van der Waals surface area contributed by atoms with Crippen molar-refractivity contribution < 1.29 is 22.7 Å². The van der Waals surface area contributed by atoms with Crippen molar-refractivity contribution in [2.45, 2.75) is 24.2 Å². The predicted molar refractivity (Wildman–Crippen MR) is 119 cm³/mol. The number of nitrogens with one attached hydrogen (secondary N) is 1. The summed E-state index contributed by atoms with van der Waals surface area (Å²) in [5.41, 5.74) is 1.11. The molecule has 0 bridgehead atoms. The maximum Gasteiger partial charge on any atom is 0.246 e. The number of hydrogen-bond donors (Lipinski definition) is 1. The summed E-state index contributed by atoms with van der Waals surface area (Å²) < 4.78 is 37.8. The van der Waals surface area contributed by atoms with Gasteiger partial charge >= 0.3 is 0 Å². The Bertz CT molecular complexity index is 1000. The molecule has 0 aliphatic carbocycles. The molecule has 9 heteroatoms. The summed E-state index contributed by atoms with van der Waals surface area (Å²) in [4.78, 5) is 12.6. The summed E-state index contributed by atoms with van der Waals surface area (Å²) in [6.45, 7) is 1.08. The van der Waals surface area contributed by atoms with Gasteiger partial charge in [-0.3, -0.25) is 4.79 Å². The lowest BCUT2D eigenvalue weighted by molar-refractivity contribution is -0.126. The van der Waals surface area contributed by atoms with Gasteiger partial charge in [0.05, 0.1) is 14.2 Å². The summed E-state index contributed by atoms with van der Waals surface area (Å²) in [5, 5.41) is 3.29. The minimum absolute atomic E-state index is 0.0362. The van der Waals surface area contributed by atoms with Crippen LogP contribution in [0.25, 0.3) is 0 Å². The van der Waals surface area contributed by atoms with E-state index in [1.54, 1.807) is 13.2 Å². The Hall–Kier alpha value is -2.29. The first kappa shape index (κ1) is 23.4. The first-order chi connectivity index (χ1) is 14.8. The van der Waals surface area contributed by atoms with E-state index in [0.717, 1.165) is 17.7 Å². The van der Waals surface area contributed by atoms with Gasteiger partial charge in [0.15, 0.2) is 0 Å². The molecule has 3 rings (SSSR count). The third kappa shape index (κ3) is 5.70. The van der Waals surface area contributed by atoms with Gasteiger partial charge in [0.2, 0.25) is 15.9 Å². The topological polar surface area (TPSA) is 84.9 Å². The van der Waals surface area contributed by atoms with E-state index >= 15 is 0 Å². The van der Waals surface area contributed by atoms with E-state index in [9.17, 15) is 13.2 Å². The Kier molecular flexibility index (Phi) is 7.80. The number of nitrogens with zero attached hydrogens (tertiary/aromatic N) is 1. The Morgan fingerprint density at radius 1 is 1.10 bits per heavy atom. The fourth-order valence-corrected chi connectivity index (χ4v) is 5.50. The van der Waals surface area contributed by atoms with Gasteiger partial charge in [0.1, 0.15) is 16.4 Å². The largest absolute Gasteiger partial charge is 0.497 e. The lowest BCUT2D eigenvalue weighted by Gasteiger charge is -2.31. The van der Waals surface area contributed by atoms with Crippen LogP contribution >= 0.6 is 11.6 Å². The van der Waals surface area contributed by atoms with Crippen LogP contribution in [0.2, 0.25) is 5.02 Å². The molecule has 168 valence electrons. The molecule has 7 nitrogen and oxygen atoms in total. The first-order valence-corrected chi connectivity index (χ1v) is 11.9. The molecule has 1 aliphatic rings. The molecule has 0 radical (unpaired) electrons. The number of hydrogen-bond acceptors (Lipinski definition) is 5. The molecule has 31 heavy (non-hydrogen) atoms. The van der Waals surface area contributed by atoms with Crippen LogP contribution in [-0.4, -0.2) is 52.5 Å². The number of piperidine rings is 1. The van der Waals surface area contributed by atoms with E-state index in [1.165, 1.54) is 23.5 Å². The lowest BCUT2D eigenvalue weighted by Crippen LogP contribution is -2.43.